The predicted octanol–water partition coefficient (Wildman–Crippen LogP) is 3.83. The van der Waals surface area contributed by atoms with E-state index in [4.69, 9.17) is 21.3 Å². The van der Waals surface area contributed by atoms with Crippen LogP contribution in [-0.4, -0.2) is 31.3 Å². The van der Waals surface area contributed by atoms with Gasteiger partial charge >= 0.3 is 0 Å². The quantitative estimate of drug-likeness (QED) is 0.757. The Morgan fingerprint density at radius 3 is 2.75 bits per heavy atom. The Hall–Kier alpha value is -1.32. The zero-order chi connectivity index (χ0) is 14.5. The van der Waals surface area contributed by atoms with Gasteiger partial charge < -0.3 is 9.64 Å². The molecule has 2 rings (SSSR count). The fourth-order valence-corrected chi connectivity index (χ4v) is 2.66. The predicted molar refractivity (Wildman–Crippen MR) is 85.7 cm³/mol. The molecule has 0 N–H and O–H groups in total. The van der Waals surface area contributed by atoms with Crippen LogP contribution in [-0.2, 0) is 10.6 Å². The van der Waals surface area contributed by atoms with E-state index in [0.717, 1.165) is 23.4 Å². The summed E-state index contributed by atoms with van der Waals surface area (Å²) in [5, 5.41) is 2.34. The largest absolute Gasteiger partial charge is 0.383 e. The highest BCUT2D eigenvalue weighted by Gasteiger charge is 2.17. The molecule has 0 aliphatic heterocycles. The summed E-state index contributed by atoms with van der Waals surface area (Å²) in [6, 6.07) is 10.6. The topological polar surface area (TPSA) is 25.4 Å². The Labute approximate surface area is 125 Å². The number of benzene rings is 1. The Bertz CT molecular complexity index is 573. The Morgan fingerprint density at radius 2 is 2.10 bits per heavy atom. The number of alkyl halides is 1. The summed E-state index contributed by atoms with van der Waals surface area (Å²) in [5.41, 5.74) is 0.906. The Balaban J connectivity index is 2.55. The highest BCUT2D eigenvalue weighted by atomic mass is 35.5. The molecule has 0 aliphatic rings. The lowest BCUT2D eigenvalue weighted by Crippen LogP contribution is -2.37. The molecule has 2 aromatic rings. The number of methoxy groups -OCH3 is 1. The molecule has 0 bridgehead atoms. The first-order valence-electron chi connectivity index (χ1n) is 6.91. The maximum atomic E-state index is 5.98. The Morgan fingerprint density at radius 1 is 1.35 bits per heavy atom. The van der Waals surface area contributed by atoms with E-state index in [1.54, 1.807) is 7.11 Å². The number of fused-ring (bicyclic) bond motifs is 1. The molecule has 0 radical (unpaired) electrons. The number of nitrogens with zero attached hydrogens (tertiary/aromatic N) is 2. The average Bonchev–Trinajstić information content (AvgIpc) is 2.48. The zero-order valence-electron chi connectivity index (χ0n) is 12.3. The molecule has 20 heavy (non-hydrogen) atoms. The number of halogens is 1. The summed E-state index contributed by atoms with van der Waals surface area (Å²) >= 11 is 5.98. The van der Waals surface area contributed by atoms with Gasteiger partial charge in [0.05, 0.1) is 24.2 Å². The molecule has 0 saturated heterocycles. The van der Waals surface area contributed by atoms with E-state index in [2.05, 4.69) is 36.9 Å². The van der Waals surface area contributed by atoms with Crippen LogP contribution in [0.1, 0.15) is 19.5 Å². The van der Waals surface area contributed by atoms with Gasteiger partial charge in [0.2, 0.25) is 0 Å². The highest BCUT2D eigenvalue weighted by Crippen LogP contribution is 2.27. The minimum atomic E-state index is 0.270. The summed E-state index contributed by atoms with van der Waals surface area (Å²) in [7, 11) is 1.73. The average molecular weight is 293 g/mol. The third-order valence-corrected chi connectivity index (χ3v) is 3.74. The van der Waals surface area contributed by atoms with Gasteiger partial charge in [0, 0.05) is 19.0 Å². The van der Waals surface area contributed by atoms with Crippen molar-refractivity contribution in [1.29, 1.82) is 0 Å². The molecule has 0 aliphatic carbocycles. The molecule has 1 atom stereocenters. The normalized spacial score (nSPS) is 12.6. The number of likely N-dealkylation sites (N-methyl/N-ethyl adjacent to an activating group) is 1. The van der Waals surface area contributed by atoms with Crippen LogP contribution >= 0.6 is 11.6 Å². The second-order valence-corrected chi connectivity index (χ2v) is 5.15. The van der Waals surface area contributed by atoms with Crippen LogP contribution < -0.4 is 4.90 Å². The monoisotopic (exact) mass is 292 g/mol. The number of anilines is 1. The molecular formula is C16H21ClN2O. The number of rotatable bonds is 6. The molecule has 1 aromatic heterocycles. The smallest absolute Gasteiger partial charge is 0.137 e. The molecule has 0 amide bonds. The first kappa shape index (κ1) is 15.1. The highest BCUT2D eigenvalue weighted by molar-refractivity contribution is 6.17. The third kappa shape index (κ3) is 3.05. The minimum absolute atomic E-state index is 0.270. The lowest BCUT2D eigenvalue weighted by atomic mass is 10.1. The van der Waals surface area contributed by atoms with Gasteiger partial charge in [-0.05, 0) is 25.3 Å². The standard InChI is InChI=1S/C16H21ClN2O/c1-4-19(12(2)11-20-3)16-15-8-6-5-7-13(15)9-14(10-17)18-16/h5-9,12H,4,10-11H2,1-3H3. The first-order chi connectivity index (χ1) is 9.71. The van der Waals surface area contributed by atoms with E-state index in [0.29, 0.717) is 12.5 Å². The SMILES string of the molecule is CCN(c1nc(CCl)cc2ccccc12)C(C)COC. The van der Waals surface area contributed by atoms with Gasteiger partial charge in [0.1, 0.15) is 5.82 Å². The first-order valence-corrected chi connectivity index (χ1v) is 7.44. The minimum Gasteiger partial charge on any atom is -0.383 e. The molecule has 1 unspecified atom stereocenters. The van der Waals surface area contributed by atoms with Crippen molar-refractivity contribution in [2.75, 3.05) is 25.2 Å². The summed E-state index contributed by atoms with van der Waals surface area (Å²) in [4.78, 5) is 7.00. The van der Waals surface area contributed by atoms with Crippen LogP contribution in [0.15, 0.2) is 30.3 Å². The van der Waals surface area contributed by atoms with E-state index in [1.807, 2.05) is 12.1 Å². The van der Waals surface area contributed by atoms with Crippen molar-refractivity contribution in [2.45, 2.75) is 25.8 Å². The maximum absolute atomic E-state index is 5.98. The molecule has 0 saturated carbocycles. The molecule has 108 valence electrons. The Kier molecular flexibility index (Phi) is 5.21. The van der Waals surface area contributed by atoms with Crippen molar-refractivity contribution in [1.82, 2.24) is 4.98 Å². The van der Waals surface area contributed by atoms with Crippen molar-refractivity contribution in [3.63, 3.8) is 0 Å². The van der Waals surface area contributed by atoms with Crippen LogP contribution in [0.3, 0.4) is 0 Å². The van der Waals surface area contributed by atoms with Crippen molar-refractivity contribution in [3.05, 3.63) is 36.0 Å². The summed E-state index contributed by atoms with van der Waals surface area (Å²) in [5.74, 6) is 1.42. The van der Waals surface area contributed by atoms with E-state index in [9.17, 15) is 0 Å². The van der Waals surface area contributed by atoms with Gasteiger partial charge in [-0.2, -0.15) is 0 Å². The van der Waals surface area contributed by atoms with Gasteiger partial charge in [-0.1, -0.05) is 24.3 Å². The van der Waals surface area contributed by atoms with Crippen LogP contribution in [0.2, 0.25) is 0 Å². The van der Waals surface area contributed by atoms with Crippen molar-refractivity contribution < 1.29 is 4.74 Å². The van der Waals surface area contributed by atoms with Gasteiger partial charge in [-0.3, -0.25) is 0 Å². The van der Waals surface area contributed by atoms with Crippen LogP contribution in [0.4, 0.5) is 5.82 Å². The van der Waals surface area contributed by atoms with Crippen molar-refractivity contribution >= 4 is 28.2 Å². The molecule has 0 fully saturated rings. The molecule has 0 spiro atoms. The number of pyridine rings is 1. The maximum Gasteiger partial charge on any atom is 0.137 e. The van der Waals surface area contributed by atoms with Crippen LogP contribution in [0, 0.1) is 0 Å². The zero-order valence-corrected chi connectivity index (χ0v) is 13.0. The van der Waals surface area contributed by atoms with Gasteiger partial charge in [-0.25, -0.2) is 4.98 Å². The van der Waals surface area contributed by atoms with Gasteiger partial charge in [0.15, 0.2) is 0 Å². The fourth-order valence-electron chi connectivity index (χ4n) is 2.52. The second-order valence-electron chi connectivity index (χ2n) is 4.88. The second kappa shape index (κ2) is 6.91. The summed E-state index contributed by atoms with van der Waals surface area (Å²) in [6.07, 6.45) is 0. The molecule has 1 heterocycles. The van der Waals surface area contributed by atoms with Crippen LogP contribution in [0.25, 0.3) is 10.8 Å². The van der Waals surface area contributed by atoms with E-state index in [-0.39, 0.29) is 6.04 Å². The third-order valence-electron chi connectivity index (χ3n) is 3.46. The van der Waals surface area contributed by atoms with Gasteiger partial charge in [0.25, 0.3) is 0 Å². The summed E-state index contributed by atoms with van der Waals surface area (Å²) in [6.45, 7) is 5.84. The van der Waals surface area contributed by atoms with Gasteiger partial charge in [-0.15, -0.1) is 11.6 Å². The van der Waals surface area contributed by atoms with Crippen LogP contribution in [0.5, 0.6) is 0 Å². The molecule has 1 aromatic carbocycles. The number of ether oxygens (including phenoxy) is 1. The van der Waals surface area contributed by atoms with Crippen molar-refractivity contribution in [2.24, 2.45) is 0 Å². The summed E-state index contributed by atoms with van der Waals surface area (Å²) < 4.78 is 5.28. The number of aromatic nitrogens is 1. The fraction of sp³-hybridized carbons (Fsp3) is 0.438. The molecule has 4 heteroatoms. The number of hydrogen-bond donors (Lipinski definition) is 0. The molecular weight excluding hydrogens is 272 g/mol. The van der Waals surface area contributed by atoms with E-state index in [1.165, 1.54) is 5.39 Å². The lowest BCUT2D eigenvalue weighted by molar-refractivity contribution is 0.182. The lowest BCUT2D eigenvalue weighted by Gasteiger charge is -2.30. The van der Waals surface area contributed by atoms with E-state index >= 15 is 0 Å². The van der Waals surface area contributed by atoms with Crippen molar-refractivity contribution in [3.8, 4) is 0 Å². The van der Waals surface area contributed by atoms with E-state index < -0.39 is 0 Å². The molecule has 3 nitrogen and oxygen atoms in total. The number of hydrogen-bond acceptors (Lipinski definition) is 3.